The Morgan fingerprint density at radius 1 is 1.44 bits per heavy atom. The van der Waals surface area contributed by atoms with Gasteiger partial charge in [-0.15, -0.1) is 0 Å². The highest BCUT2D eigenvalue weighted by molar-refractivity contribution is 6.31. The molecule has 1 aromatic carbocycles. The van der Waals surface area contributed by atoms with Crippen LogP contribution in [0.4, 0.5) is 4.39 Å². The Labute approximate surface area is 111 Å². The second-order valence-electron chi connectivity index (χ2n) is 5.38. The molecule has 2 nitrogen and oxygen atoms in total. The van der Waals surface area contributed by atoms with Crippen LogP contribution in [0, 0.1) is 12.7 Å². The smallest absolute Gasteiger partial charge is 0.126 e. The van der Waals surface area contributed by atoms with Gasteiger partial charge in [0, 0.05) is 11.1 Å². The number of nitrogens with one attached hydrogen (secondary N) is 1. The molecule has 0 saturated carbocycles. The number of rotatable bonds is 2. The highest BCUT2D eigenvalue weighted by Crippen LogP contribution is 2.42. The zero-order valence-electron chi connectivity index (χ0n) is 10.4. The van der Waals surface area contributed by atoms with Crippen molar-refractivity contribution in [2.45, 2.75) is 31.2 Å². The van der Waals surface area contributed by atoms with Crippen LogP contribution in [0.15, 0.2) is 12.1 Å². The Kier molecular flexibility index (Phi) is 3.08. The highest BCUT2D eigenvalue weighted by atomic mass is 35.5. The number of halogens is 2. The van der Waals surface area contributed by atoms with Crippen LogP contribution in [0.5, 0.6) is 0 Å². The summed E-state index contributed by atoms with van der Waals surface area (Å²) in [6.07, 6.45) is 2.27. The van der Waals surface area contributed by atoms with E-state index < -0.39 is 0 Å². The molecule has 1 atom stereocenters. The lowest BCUT2D eigenvalue weighted by molar-refractivity contribution is -0.0761. The fourth-order valence-electron chi connectivity index (χ4n) is 3.05. The van der Waals surface area contributed by atoms with Gasteiger partial charge in [0.1, 0.15) is 5.82 Å². The molecule has 18 heavy (non-hydrogen) atoms. The molecule has 2 aliphatic rings. The summed E-state index contributed by atoms with van der Waals surface area (Å²) in [7, 11) is 0. The van der Waals surface area contributed by atoms with Crippen molar-refractivity contribution in [1.29, 1.82) is 0 Å². The minimum Gasteiger partial charge on any atom is -0.379 e. The highest BCUT2D eigenvalue weighted by Gasteiger charge is 2.49. The maximum atomic E-state index is 13.8. The van der Waals surface area contributed by atoms with E-state index in [2.05, 4.69) is 5.32 Å². The van der Waals surface area contributed by atoms with Crippen molar-refractivity contribution in [2.75, 3.05) is 19.8 Å². The number of benzene rings is 1. The first-order chi connectivity index (χ1) is 8.63. The minimum atomic E-state index is -0.182. The molecule has 0 amide bonds. The topological polar surface area (TPSA) is 21.3 Å². The normalized spacial score (nSPS) is 26.1. The fraction of sp³-hybridized carbons (Fsp3) is 0.571. The Morgan fingerprint density at radius 2 is 2.22 bits per heavy atom. The molecule has 98 valence electrons. The minimum absolute atomic E-state index is 0.137. The molecule has 0 aliphatic carbocycles. The van der Waals surface area contributed by atoms with Gasteiger partial charge in [-0.3, -0.25) is 0 Å². The van der Waals surface area contributed by atoms with Crippen molar-refractivity contribution < 1.29 is 9.13 Å². The molecule has 1 N–H and O–H groups in total. The number of aryl methyl sites for hydroxylation is 1. The van der Waals surface area contributed by atoms with Gasteiger partial charge in [0.25, 0.3) is 0 Å². The van der Waals surface area contributed by atoms with Gasteiger partial charge in [-0.05, 0) is 49.6 Å². The molecule has 0 aromatic heterocycles. The van der Waals surface area contributed by atoms with E-state index in [4.69, 9.17) is 16.3 Å². The van der Waals surface area contributed by atoms with E-state index in [1.54, 1.807) is 19.1 Å². The zero-order valence-corrected chi connectivity index (χ0v) is 11.2. The van der Waals surface area contributed by atoms with Crippen LogP contribution in [-0.2, 0) is 10.2 Å². The molecular formula is C14H17ClFNO. The van der Waals surface area contributed by atoms with Crippen molar-refractivity contribution in [3.8, 4) is 0 Å². The molecule has 3 rings (SSSR count). The van der Waals surface area contributed by atoms with Crippen LogP contribution in [0.1, 0.15) is 24.0 Å². The van der Waals surface area contributed by atoms with Gasteiger partial charge in [-0.1, -0.05) is 11.6 Å². The molecule has 1 unspecified atom stereocenters. The molecule has 4 heteroatoms. The summed E-state index contributed by atoms with van der Waals surface area (Å²) in [5.41, 5.74) is 1.36. The van der Waals surface area contributed by atoms with Gasteiger partial charge in [0.05, 0.1) is 18.6 Å². The van der Waals surface area contributed by atoms with Crippen LogP contribution in [-0.4, -0.2) is 25.8 Å². The van der Waals surface area contributed by atoms with Gasteiger partial charge in [-0.2, -0.15) is 0 Å². The molecule has 1 aromatic rings. The second-order valence-corrected chi connectivity index (χ2v) is 5.79. The monoisotopic (exact) mass is 269 g/mol. The first-order valence-electron chi connectivity index (χ1n) is 6.41. The Hall–Kier alpha value is -0.640. The van der Waals surface area contributed by atoms with Crippen LogP contribution < -0.4 is 5.32 Å². The molecule has 2 aliphatic heterocycles. The van der Waals surface area contributed by atoms with Gasteiger partial charge in [-0.25, -0.2) is 4.39 Å². The van der Waals surface area contributed by atoms with Crippen molar-refractivity contribution in [2.24, 2.45) is 0 Å². The van der Waals surface area contributed by atoms with Gasteiger partial charge >= 0.3 is 0 Å². The summed E-state index contributed by atoms with van der Waals surface area (Å²) in [5, 5.41) is 4.16. The first-order valence-corrected chi connectivity index (χ1v) is 6.78. The molecule has 2 saturated heterocycles. The second kappa shape index (κ2) is 4.48. The third-order valence-corrected chi connectivity index (χ3v) is 4.54. The zero-order chi connectivity index (χ0) is 12.8. The SMILES string of the molecule is Cc1cc(Cl)c(C2(C3CCCN3)COC2)cc1F. The first kappa shape index (κ1) is 12.4. The molecule has 2 heterocycles. The van der Waals surface area contributed by atoms with Gasteiger partial charge < -0.3 is 10.1 Å². The van der Waals surface area contributed by atoms with Crippen molar-refractivity contribution in [1.82, 2.24) is 5.32 Å². The lowest BCUT2D eigenvalue weighted by Gasteiger charge is -2.47. The molecule has 0 spiro atoms. The van der Waals surface area contributed by atoms with Crippen molar-refractivity contribution in [3.63, 3.8) is 0 Å². The van der Waals surface area contributed by atoms with Crippen molar-refractivity contribution >= 4 is 11.6 Å². The Bertz CT molecular complexity index is 467. The maximum Gasteiger partial charge on any atom is 0.126 e. The largest absolute Gasteiger partial charge is 0.379 e. The average molecular weight is 270 g/mol. The standard InChI is InChI=1S/C14H17ClFNO/c1-9-5-11(15)10(6-12(9)16)14(7-18-8-14)13-3-2-4-17-13/h5-6,13,17H,2-4,7-8H2,1H3. The fourth-order valence-corrected chi connectivity index (χ4v) is 3.46. The predicted octanol–water partition coefficient (Wildman–Crippen LogP) is 2.81. The molecule has 0 bridgehead atoms. The van der Waals surface area contributed by atoms with Crippen LogP contribution in [0.2, 0.25) is 5.02 Å². The van der Waals surface area contributed by atoms with E-state index >= 15 is 0 Å². The average Bonchev–Trinajstić information content (AvgIpc) is 2.78. The number of hydrogen-bond acceptors (Lipinski definition) is 2. The van der Waals surface area contributed by atoms with E-state index in [1.807, 2.05) is 0 Å². The summed E-state index contributed by atoms with van der Waals surface area (Å²) in [6, 6.07) is 3.67. The summed E-state index contributed by atoms with van der Waals surface area (Å²) in [6.45, 7) is 4.03. The van der Waals surface area contributed by atoms with E-state index in [9.17, 15) is 4.39 Å². The predicted molar refractivity (Wildman–Crippen MR) is 69.7 cm³/mol. The van der Waals surface area contributed by atoms with Crippen LogP contribution in [0.25, 0.3) is 0 Å². The van der Waals surface area contributed by atoms with Gasteiger partial charge in [0.2, 0.25) is 0 Å². The van der Waals surface area contributed by atoms with Crippen LogP contribution >= 0.6 is 11.6 Å². The van der Waals surface area contributed by atoms with Crippen LogP contribution in [0.3, 0.4) is 0 Å². The molecular weight excluding hydrogens is 253 g/mol. The van der Waals surface area contributed by atoms with E-state index in [1.165, 1.54) is 6.42 Å². The Morgan fingerprint density at radius 3 is 2.78 bits per heavy atom. The van der Waals surface area contributed by atoms with Crippen molar-refractivity contribution in [3.05, 3.63) is 34.1 Å². The maximum absolute atomic E-state index is 13.8. The summed E-state index contributed by atoms with van der Waals surface area (Å²) in [5.74, 6) is -0.182. The summed E-state index contributed by atoms with van der Waals surface area (Å²) < 4.78 is 19.2. The number of hydrogen-bond donors (Lipinski definition) is 1. The third kappa shape index (κ3) is 1.77. The lowest BCUT2D eigenvalue weighted by Crippen LogP contribution is -2.58. The Balaban J connectivity index is 2.03. The van der Waals surface area contributed by atoms with E-state index in [0.717, 1.165) is 18.5 Å². The summed E-state index contributed by atoms with van der Waals surface area (Å²) in [4.78, 5) is 0. The molecule has 0 radical (unpaired) electrons. The quantitative estimate of drug-likeness (QED) is 0.891. The number of ether oxygens (including phenoxy) is 1. The lowest BCUT2D eigenvalue weighted by atomic mass is 9.71. The van der Waals surface area contributed by atoms with E-state index in [0.29, 0.717) is 29.8 Å². The third-order valence-electron chi connectivity index (χ3n) is 4.23. The van der Waals surface area contributed by atoms with E-state index in [-0.39, 0.29) is 11.2 Å². The van der Waals surface area contributed by atoms with Gasteiger partial charge in [0.15, 0.2) is 0 Å². The molecule has 2 fully saturated rings. The summed E-state index contributed by atoms with van der Waals surface area (Å²) >= 11 is 6.33.